The van der Waals surface area contributed by atoms with Crippen molar-refractivity contribution in [1.29, 1.82) is 0 Å². The highest BCUT2D eigenvalue weighted by molar-refractivity contribution is 5.99. The maximum Gasteiger partial charge on any atom is 0.410 e. The molecular formula is C18H27N3O3. The van der Waals surface area contributed by atoms with Crippen LogP contribution in [0.15, 0.2) is 12.3 Å². The van der Waals surface area contributed by atoms with E-state index in [1.54, 1.807) is 4.90 Å². The molecule has 0 aliphatic carbocycles. The van der Waals surface area contributed by atoms with Crippen LogP contribution in [0.1, 0.15) is 52.1 Å². The van der Waals surface area contributed by atoms with Crippen LogP contribution < -0.4 is 4.90 Å². The zero-order valence-electron chi connectivity index (χ0n) is 14.8. The number of carbonyl (C=O) groups excluding carboxylic acids is 2. The molecule has 0 saturated carbocycles. The Kier molecular flexibility index (Phi) is 4.56. The van der Waals surface area contributed by atoms with Crippen molar-refractivity contribution < 1.29 is 14.3 Å². The SMILES string of the molecule is CC(C)(C)OC(=O)N1CCCC1C(=O)N1CCCCc2[nH]ccc21. The van der Waals surface area contributed by atoms with E-state index in [1.165, 1.54) is 0 Å². The Morgan fingerprint density at radius 2 is 2.00 bits per heavy atom. The quantitative estimate of drug-likeness (QED) is 0.859. The first-order chi connectivity index (χ1) is 11.4. The number of nitrogens with one attached hydrogen (secondary N) is 1. The molecule has 1 saturated heterocycles. The molecule has 6 nitrogen and oxygen atoms in total. The van der Waals surface area contributed by atoms with Gasteiger partial charge in [0.1, 0.15) is 11.6 Å². The number of likely N-dealkylation sites (tertiary alicyclic amines) is 1. The first-order valence-electron chi connectivity index (χ1n) is 8.84. The van der Waals surface area contributed by atoms with E-state index in [2.05, 4.69) is 4.98 Å². The third kappa shape index (κ3) is 3.42. The molecule has 0 radical (unpaired) electrons. The van der Waals surface area contributed by atoms with Crippen molar-refractivity contribution in [3.63, 3.8) is 0 Å². The van der Waals surface area contributed by atoms with E-state index in [0.717, 1.165) is 37.1 Å². The highest BCUT2D eigenvalue weighted by atomic mass is 16.6. The minimum absolute atomic E-state index is 0.0149. The second-order valence-corrected chi connectivity index (χ2v) is 7.62. The zero-order valence-corrected chi connectivity index (χ0v) is 14.8. The van der Waals surface area contributed by atoms with Gasteiger partial charge in [-0.25, -0.2) is 4.79 Å². The van der Waals surface area contributed by atoms with Crippen LogP contribution in [0.5, 0.6) is 0 Å². The molecule has 1 atom stereocenters. The Hall–Kier alpha value is -1.98. The van der Waals surface area contributed by atoms with E-state index < -0.39 is 11.6 Å². The fourth-order valence-corrected chi connectivity index (χ4v) is 3.51. The topological polar surface area (TPSA) is 65.6 Å². The number of aromatic amines is 1. The van der Waals surface area contributed by atoms with Gasteiger partial charge in [-0.15, -0.1) is 0 Å². The lowest BCUT2D eigenvalue weighted by atomic mass is 10.1. The predicted molar refractivity (Wildman–Crippen MR) is 92.0 cm³/mol. The van der Waals surface area contributed by atoms with Gasteiger partial charge in [0.2, 0.25) is 5.91 Å². The van der Waals surface area contributed by atoms with Gasteiger partial charge in [0.15, 0.2) is 0 Å². The van der Waals surface area contributed by atoms with Crippen molar-refractivity contribution in [2.24, 2.45) is 0 Å². The molecule has 2 amide bonds. The van der Waals surface area contributed by atoms with Gasteiger partial charge in [-0.05, 0) is 58.9 Å². The van der Waals surface area contributed by atoms with Crippen molar-refractivity contribution in [1.82, 2.24) is 9.88 Å². The average molecular weight is 333 g/mol. The van der Waals surface area contributed by atoms with E-state index in [1.807, 2.05) is 37.9 Å². The number of aryl methyl sites for hydroxylation is 1. The van der Waals surface area contributed by atoms with Gasteiger partial charge in [-0.1, -0.05) is 0 Å². The molecule has 3 rings (SSSR count). The maximum atomic E-state index is 13.2. The highest BCUT2D eigenvalue weighted by Crippen LogP contribution is 2.29. The number of ether oxygens (including phenoxy) is 1. The van der Waals surface area contributed by atoms with Gasteiger partial charge in [0.05, 0.1) is 5.69 Å². The van der Waals surface area contributed by atoms with Gasteiger partial charge in [0, 0.05) is 25.0 Å². The van der Waals surface area contributed by atoms with Crippen LogP contribution in [0.3, 0.4) is 0 Å². The number of H-pyrrole nitrogens is 1. The molecule has 1 N–H and O–H groups in total. The highest BCUT2D eigenvalue weighted by Gasteiger charge is 2.39. The molecule has 1 unspecified atom stereocenters. The second kappa shape index (κ2) is 6.49. The molecule has 24 heavy (non-hydrogen) atoms. The second-order valence-electron chi connectivity index (χ2n) is 7.62. The Bertz CT molecular complexity index is 617. The predicted octanol–water partition coefficient (Wildman–Crippen LogP) is 3.08. The van der Waals surface area contributed by atoms with E-state index in [-0.39, 0.29) is 12.0 Å². The van der Waals surface area contributed by atoms with E-state index in [9.17, 15) is 9.59 Å². The van der Waals surface area contributed by atoms with E-state index >= 15 is 0 Å². The van der Waals surface area contributed by atoms with Crippen molar-refractivity contribution >= 4 is 17.7 Å². The van der Waals surface area contributed by atoms with Crippen molar-refractivity contribution in [2.75, 3.05) is 18.0 Å². The summed E-state index contributed by atoms with van der Waals surface area (Å²) in [4.78, 5) is 32.3. The fraction of sp³-hybridized carbons (Fsp3) is 0.667. The normalized spacial score (nSPS) is 21.4. The van der Waals surface area contributed by atoms with Gasteiger partial charge >= 0.3 is 6.09 Å². The summed E-state index contributed by atoms with van der Waals surface area (Å²) in [5.74, 6) is 0.0149. The first-order valence-corrected chi connectivity index (χ1v) is 8.84. The monoisotopic (exact) mass is 333 g/mol. The van der Waals surface area contributed by atoms with Crippen LogP contribution in [0.2, 0.25) is 0 Å². The molecule has 132 valence electrons. The lowest BCUT2D eigenvalue weighted by Crippen LogP contribution is -2.49. The third-order valence-electron chi connectivity index (χ3n) is 4.59. The Morgan fingerprint density at radius 1 is 1.21 bits per heavy atom. The molecule has 1 fully saturated rings. The summed E-state index contributed by atoms with van der Waals surface area (Å²) in [7, 11) is 0. The fourth-order valence-electron chi connectivity index (χ4n) is 3.51. The van der Waals surface area contributed by atoms with Crippen LogP contribution in [-0.2, 0) is 16.0 Å². The summed E-state index contributed by atoms with van der Waals surface area (Å²) >= 11 is 0. The number of fused-ring (bicyclic) bond motifs is 1. The van der Waals surface area contributed by atoms with Gasteiger partial charge in [0.25, 0.3) is 0 Å². The van der Waals surface area contributed by atoms with Gasteiger partial charge in [-0.2, -0.15) is 0 Å². The number of aromatic nitrogens is 1. The van der Waals surface area contributed by atoms with Crippen LogP contribution in [-0.4, -0.2) is 46.6 Å². The smallest absolute Gasteiger partial charge is 0.410 e. The van der Waals surface area contributed by atoms with Gasteiger partial charge < -0.3 is 14.6 Å². The molecule has 0 bridgehead atoms. The summed E-state index contributed by atoms with van der Waals surface area (Å²) in [6, 6.07) is 1.55. The largest absolute Gasteiger partial charge is 0.444 e. The molecule has 1 aromatic rings. The summed E-state index contributed by atoms with van der Waals surface area (Å²) in [5.41, 5.74) is 1.53. The number of rotatable bonds is 1. The number of nitrogens with zero attached hydrogens (tertiary/aromatic N) is 2. The van der Waals surface area contributed by atoms with Crippen LogP contribution in [0.25, 0.3) is 0 Å². The van der Waals surface area contributed by atoms with Crippen LogP contribution in [0, 0.1) is 0 Å². The Morgan fingerprint density at radius 3 is 2.75 bits per heavy atom. The maximum absolute atomic E-state index is 13.2. The van der Waals surface area contributed by atoms with Crippen molar-refractivity contribution in [3.05, 3.63) is 18.0 Å². The zero-order chi connectivity index (χ0) is 17.3. The van der Waals surface area contributed by atoms with Crippen molar-refractivity contribution in [2.45, 2.75) is 64.5 Å². The first kappa shape index (κ1) is 16.9. The number of carbonyl (C=O) groups is 2. The number of hydrogen-bond donors (Lipinski definition) is 1. The molecule has 0 aromatic carbocycles. The van der Waals surface area contributed by atoms with E-state index in [4.69, 9.17) is 4.74 Å². The Balaban J connectivity index is 1.78. The molecule has 3 heterocycles. The summed E-state index contributed by atoms with van der Waals surface area (Å²) in [6.45, 7) is 6.83. The standard InChI is InChI=1S/C18H27N3O3/c1-18(2,3)24-17(23)21-12-6-8-15(21)16(22)20-11-5-4-7-13-14(20)9-10-19-13/h9-10,15,19H,4-8,11-12H2,1-3H3. The molecular weight excluding hydrogens is 306 g/mol. The number of hydrogen-bond acceptors (Lipinski definition) is 3. The average Bonchev–Trinajstić information content (AvgIpc) is 3.11. The summed E-state index contributed by atoms with van der Waals surface area (Å²) in [5, 5.41) is 0. The minimum Gasteiger partial charge on any atom is -0.444 e. The van der Waals surface area contributed by atoms with E-state index in [0.29, 0.717) is 19.5 Å². The van der Waals surface area contributed by atoms with Crippen LogP contribution >= 0.6 is 0 Å². The molecule has 2 aliphatic rings. The molecule has 0 spiro atoms. The molecule has 2 aliphatic heterocycles. The van der Waals surface area contributed by atoms with Crippen molar-refractivity contribution in [3.8, 4) is 0 Å². The lowest BCUT2D eigenvalue weighted by molar-refractivity contribution is -0.122. The minimum atomic E-state index is -0.552. The third-order valence-corrected chi connectivity index (χ3v) is 4.59. The summed E-state index contributed by atoms with van der Waals surface area (Å²) < 4.78 is 5.48. The molecule has 1 aromatic heterocycles. The van der Waals surface area contributed by atoms with Gasteiger partial charge in [-0.3, -0.25) is 9.69 Å². The molecule has 6 heteroatoms. The number of amides is 2. The lowest BCUT2D eigenvalue weighted by Gasteiger charge is -2.31. The Labute approximate surface area is 143 Å². The van der Waals surface area contributed by atoms with Crippen LogP contribution in [0.4, 0.5) is 10.5 Å². The summed E-state index contributed by atoms with van der Waals surface area (Å²) in [6.07, 6.45) is 6.05. The number of anilines is 1.